The summed E-state index contributed by atoms with van der Waals surface area (Å²) in [6.07, 6.45) is -0.326. The van der Waals surface area contributed by atoms with Gasteiger partial charge in [0.15, 0.2) is 0 Å². The predicted molar refractivity (Wildman–Crippen MR) is 47.5 cm³/mol. The van der Waals surface area contributed by atoms with Crippen LogP contribution in [0.15, 0.2) is 12.1 Å². The number of aliphatic carboxylic acids is 1. The van der Waals surface area contributed by atoms with Crippen LogP contribution in [-0.2, 0) is 11.2 Å². The number of halogens is 2. The Morgan fingerprint density at radius 2 is 2.29 bits per heavy atom. The summed E-state index contributed by atoms with van der Waals surface area (Å²) in [6.45, 7) is 0. The van der Waals surface area contributed by atoms with Crippen LogP contribution in [0, 0.1) is 17.1 Å². The number of carboxylic acid groups (broad SMARTS) is 1. The molecule has 0 bridgehead atoms. The minimum absolute atomic E-state index is 0.0175. The number of hydrogen-bond donors (Lipinski definition) is 1. The zero-order chi connectivity index (χ0) is 10.7. The molecule has 0 radical (unpaired) electrons. The second-order valence-electron chi connectivity index (χ2n) is 2.61. The van der Waals surface area contributed by atoms with E-state index in [0.717, 1.165) is 12.1 Å². The summed E-state index contributed by atoms with van der Waals surface area (Å²) >= 11 is 5.59. The maximum absolute atomic E-state index is 12.9. The molecule has 0 fully saturated rings. The zero-order valence-electron chi connectivity index (χ0n) is 6.92. The summed E-state index contributed by atoms with van der Waals surface area (Å²) in [5, 5.41) is 17.0. The van der Waals surface area contributed by atoms with Crippen LogP contribution < -0.4 is 0 Å². The Kier molecular flexibility index (Phi) is 3.05. The van der Waals surface area contributed by atoms with Gasteiger partial charge in [-0.3, -0.25) is 4.79 Å². The molecule has 1 aromatic rings. The van der Waals surface area contributed by atoms with E-state index in [-0.39, 0.29) is 22.6 Å². The highest BCUT2D eigenvalue weighted by Gasteiger charge is 2.10. The van der Waals surface area contributed by atoms with Crippen molar-refractivity contribution in [1.82, 2.24) is 0 Å². The molecule has 0 saturated carbocycles. The van der Waals surface area contributed by atoms with Crippen molar-refractivity contribution in [3.8, 4) is 6.07 Å². The van der Waals surface area contributed by atoms with Crippen LogP contribution in [0.2, 0.25) is 5.02 Å². The highest BCUT2D eigenvalue weighted by molar-refractivity contribution is 6.31. The summed E-state index contributed by atoms with van der Waals surface area (Å²) in [7, 11) is 0. The topological polar surface area (TPSA) is 61.1 Å². The van der Waals surface area contributed by atoms with E-state index in [1.54, 1.807) is 6.07 Å². The summed E-state index contributed by atoms with van der Waals surface area (Å²) in [5.41, 5.74) is 0.0303. The van der Waals surface area contributed by atoms with Gasteiger partial charge in [-0.25, -0.2) is 4.39 Å². The van der Waals surface area contributed by atoms with E-state index in [4.69, 9.17) is 22.0 Å². The molecule has 0 unspecified atom stereocenters. The molecule has 0 aliphatic carbocycles. The van der Waals surface area contributed by atoms with Gasteiger partial charge in [-0.05, 0) is 17.7 Å². The first-order valence-corrected chi connectivity index (χ1v) is 4.02. The second kappa shape index (κ2) is 4.07. The third kappa shape index (κ3) is 2.21. The number of nitrogens with zero attached hydrogens (tertiary/aromatic N) is 1. The molecule has 1 aromatic carbocycles. The minimum atomic E-state index is -1.08. The van der Waals surface area contributed by atoms with Gasteiger partial charge in [0.25, 0.3) is 0 Å². The van der Waals surface area contributed by atoms with Crippen LogP contribution in [0.4, 0.5) is 4.39 Å². The number of nitriles is 1. The van der Waals surface area contributed by atoms with E-state index in [0.29, 0.717) is 0 Å². The Labute approximate surface area is 84.3 Å². The molecule has 1 N–H and O–H groups in total. The molecule has 0 spiro atoms. The standard InChI is InChI=1S/C9H5ClFNO2/c10-7-3-8(11)6(4-12)1-5(7)2-9(13)14/h1,3H,2H2,(H,13,14). The first kappa shape index (κ1) is 10.5. The Morgan fingerprint density at radius 3 is 2.79 bits per heavy atom. The Bertz CT molecular complexity index is 426. The second-order valence-corrected chi connectivity index (χ2v) is 3.01. The highest BCUT2D eigenvalue weighted by atomic mass is 35.5. The van der Waals surface area contributed by atoms with Crippen molar-refractivity contribution in [3.63, 3.8) is 0 Å². The van der Waals surface area contributed by atoms with E-state index in [1.807, 2.05) is 0 Å². The number of carboxylic acids is 1. The van der Waals surface area contributed by atoms with E-state index >= 15 is 0 Å². The normalized spacial score (nSPS) is 9.50. The molecule has 14 heavy (non-hydrogen) atoms. The molecule has 0 aliphatic rings. The molecular formula is C9H5ClFNO2. The van der Waals surface area contributed by atoms with Gasteiger partial charge in [-0.15, -0.1) is 0 Å². The van der Waals surface area contributed by atoms with E-state index in [9.17, 15) is 9.18 Å². The largest absolute Gasteiger partial charge is 0.481 e. The van der Waals surface area contributed by atoms with Gasteiger partial charge >= 0.3 is 5.97 Å². The van der Waals surface area contributed by atoms with Crippen molar-refractivity contribution < 1.29 is 14.3 Å². The van der Waals surface area contributed by atoms with Crippen molar-refractivity contribution >= 4 is 17.6 Å². The van der Waals surface area contributed by atoms with Crippen LogP contribution in [0.3, 0.4) is 0 Å². The number of carbonyl (C=O) groups is 1. The number of hydrogen-bond acceptors (Lipinski definition) is 2. The van der Waals surface area contributed by atoms with Crippen LogP contribution in [0.25, 0.3) is 0 Å². The van der Waals surface area contributed by atoms with Crippen LogP contribution in [0.1, 0.15) is 11.1 Å². The third-order valence-electron chi connectivity index (χ3n) is 1.60. The minimum Gasteiger partial charge on any atom is -0.481 e. The molecule has 0 saturated heterocycles. The van der Waals surface area contributed by atoms with Gasteiger partial charge in [-0.2, -0.15) is 5.26 Å². The van der Waals surface area contributed by atoms with Crippen LogP contribution in [-0.4, -0.2) is 11.1 Å². The van der Waals surface area contributed by atoms with E-state index < -0.39 is 11.8 Å². The molecule has 0 atom stereocenters. The molecule has 5 heteroatoms. The average molecular weight is 214 g/mol. The number of benzene rings is 1. The van der Waals surface area contributed by atoms with Crippen LogP contribution >= 0.6 is 11.6 Å². The lowest BCUT2D eigenvalue weighted by molar-refractivity contribution is -0.136. The molecule has 0 amide bonds. The Morgan fingerprint density at radius 1 is 1.64 bits per heavy atom. The fourth-order valence-electron chi connectivity index (χ4n) is 0.978. The fourth-order valence-corrected chi connectivity index (χ4v) is 1.20. The molecule has 0 aliphatic heterocycles. The molecule has 0 aromatic heterocycles. The summed E-state index contributed by atoms with van der Waals surface area (Å²) in [4.78, 5) is 10.4. The van der Waals surface area contributed by atoms with Gasteiger partial charge in [0.2, 0.25) is 0 Å². The molecule has 0 heterocycles. The molecular weight excluding hydrogens is 209 g/mol. The van der Waals surface area contributed by atoms with E-state index in [1.165, 1.54) is 0 Å². The molecule has 3 nitrogen and oxygen atoms in total. The predicted octanol–water partition coefficient (Wildman–Crippen LogP) is 1.98. The Balaban J connectivity index is 3.19. The lowest BCUT2D eigenvalue weighted by Crippen LogP contribution is -2.02. The van der Waals surface area contributed by atoms with Gasteiger partial charge in [-0.1, -0.05) is 11.6 Å². The van der Waals surface area contributed by atoms with Crippen LogP contribution in [0.5, 0.6) is 0 Å². The van der Waals surface area contributed by atoms with E-state index in [2.05, 4.69) is 0 Å². The lowest BCUT2D eigenvalue weighted by atomic mass is 10.1. The summed E-state index contributed by atoms with van der Waals surface area (Å²) < 4.78 is 12.9. The first-order chi connectivity index (χ1) is 6.54. The first-order valence-electron chi connectivity index (χ1n) is 3.64. The number of rotatable bonds is 2. The third-order valence-corrected chi connectivity index (χ3v) is 1.95. The van der Waals surface area contributed by atoms with Crippen molar-refractivity contribution in [2.75, 3.05) is 0 Å². The fraction of sp³-hybridized carbons (Fsp3) is 0.111. The molecule has 1 rings (SSSR count). The monoisotopic (exact) mass is 213 g/mol. The SMILES string of the molecule is N#Cc1cc(CC(=O)O)c(Cl)cc1F. The smallest absolute Gasteiger partial charge is 0.307 e. The van der Waals surface area contributed by atoms with Gasteiger partial charge in [0.1, 0.15) is 11.9 Å². The lowest BCUT2D eigenvalue weighted by Gasteiger charge is -2.02. The van der Waals surface area contributed by atoms with Crippen molar-refractivity contribution in [3.05, 3.63) is 34.1 Å². The Hall–Kier alpha value is -1.60. The van der Waals surface area contributed by atoms with Gasteiger partial charge in [0.05, 0.1) is 12.0 Å². The summed E-state index contributed by atoms with van der Waals surface area (Å²) in [6, 6.07) is 3.70. The average Bonchev–Trinajstić information content (AvgIpc) is 2.09. The van der Waals surface area contributed by atoms with Gasteiger partial charge in [0, 0.05) is 5.02 Å². The highest BCUT2D eigenvalue weighted by Crippen LogP contribution is 2.20. The maximum Gasteiger partial charge on any atom is 0.307 e. The summed E-state index contributed by atoms with van der Waals surface area (Å²) in [5.74, 6) is -1.82. The van der Waals surface area contributed by atoms with Gasteiger partial charge < -0.3 is 5.11 Å². The van der Waals surface area contributed by atoms with Crippen molar-refractivity contribution in [2.24, 2.45) is 0 Å². The van der Waals surface area contributed by atoms with Crippen molar-refractivity contribution in [2.45, 2.75) is 6.42 Å². The maximum atomic E-state index is 12.9. The zero-order valence-corrected chi connectivity index (χ0v) is 7.68. The quantitative estimate of drug-likeness (QED) is 0.817. The molecule has 72 valence electrons. The van der Waals surface area contributed by atoms with Crippen molar-refractivity contribution in [1.29, 1.82) is 5.26 Å².